The van der Waals surface area contributed by atoms with Gasteiger partial charge < -0.3 is 19.5 Å². The SMILES string of the molecule is CCN(Cc1ccc(CC(=O)O)cc1)c1cc(OC)c(OC)cc1[C@@H]1CCc2ccccc2C1. The van der Waals surface area contributed by atoms with E-state index in [1.807, 2.05) is 24.3 Å². The van der Waals surface area contributed by atoms with Gasteiger partial charge in [-0.25, -0.2) is 0 Å². The third-order valence-corrected chi connectivity index (χ3v) is 6.79. The van der Waals surface area contributed by atoms with Crippen molar-refractivity contribution in [2.75, 3.05) is 25.7 Å². The van der Waals surface area contributed by atoms with E-state index in [9.17, 15) is 4.79 Å². The highest BCUT2D eigenvalue weighted by atomic mass is 16.5. The molecule has 0 heterocycles. The van der Waals surface area contributed by atoms with Gasteiger partial charge in [0.15, 0.2) is 11.5 Å². The van der Waals surface area contributed by atoms with E-state index in [4.69, 9.17) is 14.6 Å². The summed E-state index contributed by atoms with van der Waals surface area (Å²) in [5.74, 6) is 1.07. The Bertz CT molecular complexity index is 1140. The van der Waals surface area contributed by atoms with E-state index in [1.54, 1.807) is 14.2 Å². The summed E-state index contributed by atoms with van der Waals surface area (Å²) >= 11 is 0. The van der Waals surface area contributed by atoms with Crippen LogP contribution in [-0.4, -0.2) is 31.8 Å². The number of anilines is 1. The summed E-state index contributed by atoms with van der Waals surface area (Å²) in [5, 5.41) is 9.05. The van der Waals surface area contributed by atoms with Crippen molar-refractivity contribution in [2.24, 2.45) is 0 Å². The van der Waals surface area contributed by atoms with Gasteiger partial charge in [-0.1, -0.05) is 48.5 Å². The molecular formula is C29H33NO4. The molecule has 0 amide bonds. The van der Waals surface area contributed by atoms with Crippen molar-refractivity contribution in [3.8, 4) is 11.5 Å². The average molecular weight is 460 g/mol. The van der Waals surface area contributed by atoms with Gasteiger partial charge in [-0.05, 0) is 66.0 Å². The second-order valence-corrected chi connectivity index (χ2v) is 8.88. The van der Waals surface area contributed by atoms with Gasteiger partial charge in [-0.15, -0.1) is 0 Å². The van der Waals surface area contributed by atoms with Crippen molar-refractivity contribution in [3.63, 3.8) is 0 Å². The Kier molecular flexibility index (Phi) is 7.41. The van der Waals surface area contributed by atoms with E-state index in [-0.39, 0.29) is 6.42 Å². The topological polar surface area (TPSA) is 59.0 Å². The maximum absolute atomic E-state index is 11.0. The van der Waals surface area contributed by atoms with Crippen LogP contribution in [0.5, 0.6) is 11.5 Å². The number of aryl methyl sites for hydroxylation is 1. The van der Waals surface area contributed by atoms with Crippen molar-refractivity contribution >= 4 is 11.7 Å². The first-order valence-electron chi connectivity index (χ1n) is 11.9. The zero-order valence-corrected chi connectivity index (χ0v) is 20.2. The van der Waals surface area contributed by atoms with Crippen LogP contribution < -0.4 is 14.4 Å². The van der Waals surface area contributed by atoms with E-state index < -0.39 is 5.97 Å². The van der Waals surface area contributed by atoms with Crippen LogP contribution in [0.25, 0.3) is 0 Å². The molecule has 0 fully saturated rings. The molecule has 0 saturated heterocycles. The summed E-state index contributed by atoms with van der Waals surface area (Å²) < 4.78 is 11.3. The van der Waals surface area contributed by atoms with Crippen LogP contribution >= 0.6 is 0 Å². The monoisotopic (exact) mass is 459 g/mol. The van der Waals surface area contributed by atoms with Crippen LogP contribution in [-0.2, 0) is 30.6 Å². The summed E-state index contributed by atoms with van der Waals surface area (Å²) in [7, 11) is 3.36. The van der Waals surface area contributed by atoms with Crippen LogP contribution in [0.4, 0.5) is 5.69 Å². The first-order valence-corrected chi connectivity index (χ1v) is 11.9. The van der Waals surface area contributed by atoms with Gasteiger partial charge in [-0.3, -0.25) is 4.79 Å². The number of nitrogens with zero attached hydrogens (tertiary/aromatic N) is 1. The van der Waals surface area contributed by atoms with Gasteiger partial charge in [-0.2, -0.15) is 0 Å². The van der Waals surface area contributed by atoms with Crippen molar-refractivity contribution in [3.05, 3.63) is 88.5 Å². The summed E-state index contributed by atoms with van der Waals surface area (Å²) in [4.78, 5) is 13.4. The molecule has 4 rings (SSSR count). The number of methoxy groups -OCH3 is 2. The molecule has 3 aromatic rings. The molecule has 0 spiro atoms. The molecule has 0 bridgehead atoms. The lowest BCUT2D eigenvalue weighted by atomic mass is 9.79. The molecule has 1 aliphatic rings. The van der Waals surface area contributed by atoms with E-state index in [0.717, 1.165) is 55.0 Å². The molecule has 0 aliphatic heterocycles. The maximum atomic E-state index is 11.0. The van der Waals surface area contributed by atoms with Gasteiger partial charge in [0.1, 0.15) is 0 Å². The fraction of sp³-hybridized carbons (Fsp3) is 0.345. The second-order valence-electron chi connectivity index (χ2n) is 8.88. The predicted octanol–water partition coefficient (Wildman–Crippen LogP) is 5.63. The number of carboxylic acids is 1. The van der Waals surface area contributed by atoms with Gasteiger partial charge in [0.2, 0.25) is 0 Å². The first-order chi connectivity index (χ1) is 16.5. The molecule has 178 valence electrons. The third-order valence-electron chi connectivity index (χ3n) is 6.79. The van der Waals surface area contributed by atoms with Crippen LogP contribution in [0.1, 0.15) is 47.1 Å². The highest BCUT2D eigenvalue weighted by Crippen LogP contribution is 2.43. The van der Waals surface area contributed by atoms with Crippen LogP contribution in [0.3, 0.4) is 0 Å². The number of benzene rings is 3. The number of aliphatic carboxylic acids is 1. The molecule has 3 aromatic carbocycles. The first kappa shape index (κ1) is 23.7. The standard InChI is InChI=1S/C29H33NO4/c1-4-30(19-21-11-9-20(10-12-21)15-29(31)32)26-18-28(34-3)27(33-2)17-25(26)24-14-13-22-7-5-6-8-23(22)16-24/h5-12,17-18,24H,4,13-16,19H2,1-3H3,(H,31,32)/t24-/m1/s1. The summed E-state index contributed by atoms with van der Waals surface area (Å²) in [6.07, 6.45) is 3.23. The van der Waals surface area contributed by atoms with Crippen molar-refractivity contribution in [2.45, 2.75) is 45.1 Å². The molecule has 0 aromatic heterocycles. The maximum Gasteiger partial charge on any atom is 0.307 e. The summed E-state index contributed by atoms with van der Waals surface area (Å²) in [6.45, 7) is 3.73. The fourth-order valence-electron chi connectivity index (χ4n) is 4.97. The Balaban J connectivity index is 1.68. The van der Waals surface area contributed by atoms with E-state index in [0.29, 0.717) is 5.92 Å². The second kappa shape index (κ2) is 10.6. The molecule has 5 nitrogen and oxygen atoms in total. The summed E-state index contributed by atoms with van der Waals surface area (Å²) in [6, 6.07) is 20.9. The molecule has 5 heteroatoms. The van der Waals surface area contributed by atoms with E-state index in [1.165, 1.54) is 22.4 Å². The lowest BCUT2D eigenvalue weighted by Crippen LogP contribution is -2.25. The Morgan fingerprint density at radius 3 is 2.26 bits per heavy atom. The predicted molar refractivity (Wildman–Crippen MR) is 135 cm³/mol. The summed E-state index contributed by atoms with van der Waals surface area (Å²) in [5.41, 5.74) is 7.29. The van der Waals surface area contributed by atoms with Gasteiger partial charge in [0.05, 0.1) is 20.6 Å². The van der Waals surface area contributed by atoms with Gasteiger partial charge >= 0.3 is 5.97 Å². The quantitative estimate of drug-likeness (QED) is 0.449. The largest absolute Gasteiger partial charge is 0.493 e. The van der Waals surface area contributed by atoms with Gasteiger partial charge in [0, 0.05) is 24.8 Å². The number of fused-ring (bicyclic) bond motifs is 1. The lowest BCUT2D eigenvalue weighted by Gasteiger charge is -2.32. The molecule has 0 saturated carbocycles. The number of hydrogen-bond acceptors (Lipinski definition) is 4. The molecule has 1 atom stereocenters. The highest BCUT2D eigenvalue weighted by Gasteiger charge is 2.26. The van der Waals surface area contributed by atoms with Crippen molar-refractivity contribution < 1.29 is 19.4 Å². The minimum Gasteiger partial charge on any atom is -0.493 e. The number of carbonyl (C=O) groups is 1. The number of rotatable bonds is 9. The molecule has 34 heavy (non-hydrogen) atoms. The molecule has 1 aliphatic carbocycles. The number of carboxylic acid groups (broad SMARTS) is 1. The Hall–Kier alpha value is -3.47. The average Bonchev–Trinajstić information content (AvgIpc) is 2.86. The number of ether oxygens (including phenoxy) is 2. The normalized spacial score (nSPS) is 14.9. The van der Waals surface area contributed by atoms with Crippen molar-refractivity contribution in [1.82, 2.24) is 0 Å². The molecule has 0 unspecified atom stereocenters. The van der Waals surface area contributed by atoms with E-state index in [2.05, 4.69) is 48.2 Å². The van der Waals surface area contributed by atoms with E-state index >= 15 is 0 Å². The minimum atomic E-state index is -0.813. The zero-order valence-electron chi connectivity index (χ0n) is 20.2. The van der Waals surface area contributed by atoms with Crippen LogP contribution in [0.15, 0.2) is 60.7 Å². The molecule has 1 N–H and O–H groups in total. The third kappa shape index (κ3) is 5.19. The Labute approximate surface area is 201 Å². The zero-order chi connectivity index (χ0) is 24.1. The lowest BCUT2D eigenvalue weighted by molar-refractivity contribution is -0.136. The Morgan fingerprint density at radius 1 is 0.971 bits per heavy atom. The highest BCUT2D eigenvalue weighted by molar-refractivity contribution is 5.70. The van der Waals surface area contributed by atoms with Gasteiger partial charge in [0.25, 0.3) is 0 Å². The van der Waals surface area contributed by atoms with Crippen molar-refractivity contribution in [1.29, 1.82) is 0 Å². The minimum absolute atomic E-state index is 0.0424. The molecule has 0 radical (unpaired) electrons. The van der Waals surface area contributed by atoms with Crippen LogP contribution in [0.2, 0.25) is 0 Å². The molecular weight excluding hydrogens is 426 g/mol. The van der Waals surface area contributed by atoms with Crippen LogP contribution in [0, 0.1) is 0 Å². The number of hydrogen-bond donors (Lipinski definition) is 1. The smallest absolute Gasteiger partial charge is 0.307 e. The Morgan fingerprint density at radius 2 is 1.62 bits per heavy atom. The fourth-order valence-corrected chi connectivity index (χ4v) is 4.97.